The third-order valence-corrected chi connectivity index (χ3v) is 5.98. The Morgan fingerprint density at radius 1 is 1.21 bits per heavy atom. The molecule has 0 radical (unpaired) electrons. The molecule has 1 aliphatic rings. The highest BCUT2D eigenvalue weighted by molar-refractivity contribution is 6.83. The summed E-state index contributed by atoms with van der Waals surface area (Å²) in [6.07, 6.45) is 6.67. The summed E-state index contributed by atoms with van der Waals surface area (Å²) in [5.74, 6) is 0.905. The van der Waals surface area contributed by atoms with Gasteiger partial charge in [-0.3, -0.25) is 0 Å². The van der Waals surface area contributed by atoms with Gasteiger partial charge in [0, 0.05) is 0 Å². The van der Waals surface area contributed by atoms with E-state index in [0.29, 0.717) is 5.41 Å². The predicted molar refractivity (Wildman–Crippen MR) is 68.2 cm³/mol. The van der Waals surface area contributed by atoms with Crippen LogP contribution in [-0.2, 0) is 0 Å². The fourth-order valence-electron chi connectivity index (χ4n) is 2.30. The van der Waals surface area contributed by atoms with Crippen molar-refractivity contribution < 1.29 is 0 Å². The zero-order chi connectivity index (χ0) is 11.0. The second-order valence-electron chi connectivity index (χ2n) is 6.82. The van der Waals surface area contributed by atoms with Gasteiger partial charge in [0.15, 0.2) is 0 Å². The summed E-state index contributed by atoms with van der Waals surface area (Å²) in [5, 5.41) is 1.80. The molecule has 0 saturated carbocycles. The third kappa shape index (κ3) is 2.98. The zero-order valence-electron chi connectivity index (χ0n) is 10.8. The van der Waals surface area contributed by atoms with Crippen LogP contribution in [0, 0.1) is 11.3 Å². The molecule has 0 aromatic carbocycles. The Morgan fingerprint density at radius 3 is 2.07 bits per heavy atom. The van der Waals surface area contributed by atoms with Crippen LogP contribution in [0.4, 0.5) is 0 Å². The Bertz CT molecular complexity index is 225. The molecular weight excluding hydrogens is 184 g/mol. The van der Waals surface area contributed by atoms with E-state index in [4.69, 9.17) is 0 Å². The van der Waals surface area contributed by atoms with Gasteiger partial charge < -0.3 is 0 Å². The average Bonchev–Trinajstić information content (AvgIpc) is 2.01. The summed E-state index contributed by atoms with van der Waals surface area (Å²) in [6.45, 7) is 14.5. The highest BCUT2D eigenvalue weighted by Gasteiger charge is 2.29. The maximum absolute atomic E-state index is 2.56. The lowest BCUT2D eigenvalue weighted by atomic mass is 9.74. The molecule has 0 bridgehead atoms. The molecule has 1 heteroatoms. The highest BCUT2D eigenvalue weighted by atomic mass is 28.3. The molecule has 0 fully saturated rings. The van der Waals surface area contributed by atoms with Crippen LogP contribution in [-0.4, -0.2) is 8.07 Å². The van der Waals surface area contributed by atoms with Crippen LogP contribution in [0.3, 0.4) is 0 Å². The van der Waals surface area contributed by atoms with E-state index in [1.165, 1.54) is 19.3 Å². The second-order valence-corrected chi connectivity index (χ2v) is 12.0. The molecule has 1 unspecified atom stereocenters. The molecule has 0 nitrogen and oxygen atoms in total. The second kappa shape index (κ2) is 3.84. The van der Waals surface area contributed by atoms with E-state index >= 15 is 0 Å². The van der Waals surface area contributed by atoms with Gasteiger partial charge in [-0.2, -0.15) is 0 Å². The van der Waals surface area contributed by atoms with Crippen LogP contribution in [0.1, 0.15) is 40.0 Å². The van der Waals surface area contributed by atoms with E-state index < -0.39 is 8.07 Å². The van der Waals surface area contributed by atoms with Crippen molar-refractivity contribution in [2.24, 2.45) is 11.3 Å². The largest absolute Gasteiger partial charge is 0.0889 e. The Morgan fingerprint density at radius 2 is 1.79 bits per heavy atom. The average molecular weight is 210 g/mol. The molecule has 1 aliphatic carbocycles. The molecule has 0 aliphatic heterocycles. The van der Waals surface area contributed by atoms with E-state index in [2.05, 4.69) is 46.5 Å². The maximum Gasteiger partial charge on any atom is 0.0720 e. The molecule has 14 heavy (non-hydrogen) atoms. The third-order valence-electron chi connectivity index (χ3n) is 3.60. The Balaban J connectivity index is 2.65. The normalized spacial score (nSPS) is 24.7. The first-order chi connectivity index (χ1) is 6.21. The summed E-state index contributed by atoms with van der Waals surface area (Å²) < 4.78 is 0. The summed E-state index contributed by atoms with van der Waals surface area (Å²) >= 11 is 0. The van der Waals surface area contributed by atoms with Crippen molar-refractivity contribution in [2.45, 2.75) is 59.7 Å². The quantitative estimate of drug-likeness (QED) is 0.553. The van der Waals surface area contributed by atoms with Crippen molar-refractivity contribution in [3.8, 4) is 0 Å². The maximum atomic E-state index is 2.56. The van der Waals surface area contributed by atoms with Crippen molar-refractivity contribution >= 4 is 8.07 Å². The van der Waals surface area contributed by atoms with Crippen molar-refractivity contribution in [1.82, 2.24) is 0 Å². The van der Waals surface area contributed by atoms with Crippen LogP contribution in [0.2, 0.25) is 19.6 Å². The van der Waals surface area contributed by atoms with E-state index in [-0.39, 0.29) is 0 Å². The molecule has 82 valence electrons. The lowest BCUT2D eigenvalue weighted by molar-refractivity contribution is 0.222. The minimum atomic E-state index is -0.984. The van der Waals surface area contributed by atoms with E-state index in [1.54, 1.807) is 5.20 Å². The van der Waals surface area contributed by atoms with Crippen molar-refractivity contribution in [1.29, 1.82) is 0 Å². The van der Waals surface area contributed by atoms with Crippen LogP contribution in [0.25, 0.3) is 0 Å². The number of rotatable bonds is 1. The van der Waals surface area contributed by atoms with E-state index in [9.17, 15) is 0 Å². The van der Waals surface area contributed by atoms with Crippen LogP contribution >= 0.6 is 0 Å². The molecule has 1 rings (SSSR count). The summed E-state index contributed by atoms with van der Waals surface area (Å²) in [5.41, 5.74) is 0.501. The smallest absolute Gasteiger partial charge is 0.0720 e. The standard InChI is InChI=1S/C13H26Si/c1-13(2,3)11-7-9-12(10-8-11)14(4,5)6/h9,11H,7-8,10H2,1-6H3. The minimum absolute atomic E-state index is 0.501. The molecule has 0 spiro atoms. The lowest BCUT2D eigenvalue weighted by Gasteiger charge is -2.35. The fraction of sp³-hybridized carbons (Fsp3) is 0.846. The number of hydrogen-bond acceptors (Lipinski definition) is 0. The van der Waals surface area contributed by atoms with Gasteiger partial charge in [0.05, 0.1) is 8.07 Å². The van der Waals surface area contributed by atoms with Crippen LogP contribution in [0.5, 0.6) is 0 Å². The first kappa shape index (κ1) is 12.0. The first-order valence-electron chi connectivity index (χ1n) is 5.91. The van der Waals surface area contributed by atoms with Crippen molar-refractivity contribution in [3.05, 3.63) is 11.3 Å². The van der Waals surface area contributed by atoms with Crippen molar-refractivity contribution in [2.75, 3.05) is 0 Å². The van der Waals surface area contributed by atoms with Gasteiger partial charge in [0.25, 0.3) is 0 Å². The van der Waals surface area contributed by atoms with Crippen LogP contribution in [0.15, 0.2) is 11.3 Å². The Labute approximate surface area is 90.8 Å². The Hall–Kier alpha value is -0.0431. The molecular formula is C13H26Si. The minimum Gasteiger partial charge on any atom is -0.0889 e. The number of allylic oxidation sites excluding steroid dienone is 2. The lowest BCUT2D eigenvalue weighted by Crippen LogP contribution is -2.29. The molecule has 0 N–H and O–H groups in total. The molecule has 0 aromatic heterocycles. The SMILES string of the molecule is CC(C)(C)C1CC=C([Si](C)(C)C)CC1. The van der Waals surface area contributed by atoms with E-state index in [0.717, 1.165) is 5.92 Å². The van der Waals surface area contributed by atoms with Crippen molar-refractivity contribution in [3.63, 3.8) is 0 Å². The van der Waals surface area contributed by atoms with Gasteiger partial charge in [0.2, 0.25) is 0 Å². The van der Waals surface area contributed by atoms with Crippen LogP contribution < -0.4 is 0 Å². The topological polar surface area (TPSA) is 0 Å². The summed E-state index contributed by atoms with van der Waals surface area (Å²) in [6, 6.07) is 0. The van der Waals surface area contributed by atoms with Gasteiger partial charge in [-0.25, -0.2) is 0 Å². The van der Waals surface area contributed by atoms with Gasteiger partial charge >= 0.3 is 0 Å². The molecule has 0 amide bonds. The number of hydrogen-bond donors (Lipinski definition) is 0. The molecule has 0 heterocycles. The monoisotopic (exact) mass is 210 g/mol. The summed E-state index contributed by atoms with van der Waals surface area (Å²) in [4.78, 5) is 0. The Kier molecular flexibility index (Phi) is 3.30. The molecule has 1 atom stereocenters. The van der Waals surface area contributed by atoms with E-state index in [1.807, 2.05) is 0 Å². The van der Waals surface area contributed by atoms with Gasteiger partial charge in [-0.05, 0) is 30.6 Å². The van der Waals surface area contributed by atoms with Gasteiger partial charge in [-0.15, -0.1) is 0 Å². The molecule has 0 aromatic rings. The molecule has 0 saturated heterocycles. The highest BCUT2D eigenvalue weighted by Crippen LogP contribution is 2.38. The predicted octanol–water partition coefficient (Wildman–Crippen LogP) is 4.64. The first-order valence-corrected chi connectivity index (χ1v) is 9.41. The fourth-order valence-corrected chi connectivity index (χ4v) is 3.93. The zero-order valence-corrected chi connectivity index (χ0v) is 11.8. The summed E-state index contributed by atoms with van der Waals surface area (Å²) in [7, 11) is -0.984. The van der Waals surface area contributed by atoms with Gasteiger partial charge in [0.1, 0.15) is 0 Å². The van der Waals surface area contributed by atoms with Gasteiger partial charge in [-0.1, -0.05) is 51.7 Å².